The van der Waals surface area contributed by atoms with Crippen molar-refractivity contribution < 1.29 is 14.4 Å². The van der Waals surface area contributed by atoms with Gasteiger partial charge in [0, 0.05) is 25.7 Å². The van der Waals surface area contributed by atoms with E-state index in [-0.39, 0.29) is 35.9 Å². The van der Waals surface area contributed by atoms with Crippen LogP contribution in [-0.4, -0.2) is 60.8 Å². The van der Waals surface area contributed by atoms with E-state index in [1.165, 1.54) is 11.8 Å². The smallest absolute Gasteiger partial charge is 0.288 e. The summed E-state index contributed by atoms with van der Waals surface area (Å²) in [5, 5.41) is 11.1. The van der Waals surface area contributed by atoms with E-state index in [2.05, 4.69) is 15.5 Å². The molecule has 3 amide bonds. The van der Waals surface area contributed by atoms with Crippen LogP contribution in [0.2, 0.25) is 0 Å². The fraction of sp³-hybridized carbons (Fsp3) is 0.353. The van der Waals surface area contributed by atoms with Gasteiger partial charge in [0.2, 0.25) is 11.8 Å². The second-order valence-corrected chi connectivity index (χ2v) is 8.12. The third-order valence-corrected chi connectivity index (χ3v) is 5.99. The van der Waals surface area contributed by atoms with E-state index in [0.717, 1.165) is 28.0 Å². The fourth-order valence-electron chi connectivity index (χ4n) is 2.50. The number of hydrogen-bond donors (Lipinski definition) is 1. The molecule has 2 heterocycles. The monoisotopic (exact) mass is 405 g/mol. The molecule has 1 aromatic carbocycles. The van der Waals surface area contributed by atoms with E-state index < -0.39 is 5.25 Å². The van der Waals surface area contributed by atoms with Crippen molar-refractivity contribution >= 4 is 40.6 Å². The zero-order valence-corrected chi connectivity index (χ0v) is 16.5. The Bertz CT molecular complexity index is 840. The zero-order valence-electron chi connectivity index (χ0n) is 14.9. The number of amides is 3. The summed E-state index contributed by atoms with van der Waals surface area (Å²) in [6, 6.07) is 9.70. The number of hydrogen-bond acceptors (Lipinski definition) is 7. The van der Waals surface area contributed by atoms with Crippen molar-refractivity contribution in [3.63, 3.8) is 0 Å². The van der Waals surface area contributed by atoms with Crippen molar-refractivity contribution in [1.29, 1.82) is 0 Å². The molecule has 1 aromatic heterocycles. The topological polar surface area (TPSA) is 97.2 Å². The first-order chi connectivity index (χ1) is 13.0. The molecular weight excluding hydrogens is 386 g/mol. The third kappa shape index (κ3) is 4.51. The largest absolute Gasteiger partial charge is 0.353 e. The molecule has 8 nitrogen and oxygen atoms in total. The quantitative estimate of drug-likeness (QED) is 0.701. The number of nitrogens with one attached hydrogen (secondary N) is 1. The van der Waals surface area contributed by atoms with Crippen LogP contribution in [0.3, 0.4) is 0 Å². The SMILES string of the molecule is C[C@@H](Sc1nnc(-c2ccccc2)n1C)C(=O)NCCN1C(=O)CSC1=O. The standard InChI is InChI=1S/C17H19N5O3S2/c1-11(15(24)18-8-9-22-13(23)10-26-17(22)25)27-16-20-19-14(21(16)2)12-6-4-3-5-7-12/h3-7,11H,8-10H2,1-2H3,(H,18,24)/t11-/m1/s1. The lowest BCUT2D eigenvalue weighted by Gasteiger charge is -2.15. The molecule has 27 heavy (non-hydrogen) atoms. The maximum absolute atomic E-state index is 12.3. The van der Waals surface area contributed by atoms with Gasteiger partial charge in [0.15, 0.2) is 11.0 Å². The molecule has 1 aliphatic heterocycles. The number of rotatable bonds is 7. The average molecular weight is 406 g/mol. The second-order valence-electron chi connectivity index (χ2n) is 5.88. The molecule has 0 bridgehead atoms. The van der Waals surface area contributed by atoms with Gasteiger partial charge in [-0.25, -0.2) is 0 Å². The minimum Gasteiger partial charge on any atom is -0.353 e. The molecule has 0 saturated carbocycles. The Morgan fingerprint density at radius 2 is 2.04 bits per heavy atom. The lowest BCUT2D eigenvalue weighted by molar-refractivity contribution is -0.125. The zero-order chi connectivity index (χ0) is 19.4. The van der Waals surface area contributed by atoms with Crippen LogP contribution >= 0.6 is 23.5 Å². The molecule has 142 valence electrons. The molecule has 10 heteroatoms. The minimum absolute atomic E-state index is 0.176. The van der Waals surface area contributed by atoms with Gasteiger partial charge in [-0.2, -0.15) is 0 Å². The highest BCUT2D eigenvalue weighted by atomic mass is 32.2. The van der Waals surface area contributed by atoms with Crippen molar-refractivity contribution in [1.82, 2.24) is 25.0 Å². The van der Waals surface area contributed by atoms with Gasteiger partial charge in [0.25, 0.3) is 5.24 Å². The number of thioether (sulfide) groups is 2. The minimum atomic E-state index is -0.393. The molecule has 2 aromatic rings. The van der Waals surface area contributed by atoms with E-state index in [9.17, 15) is 14.4 Å². The highest BCUT2D eigenvalue weighted by Gasteiger charge is 2.29. The molecule has 0 spiro atoms. The molecule has 1 atom stereocenters. The van der Waals surface area contributed by atoms with Gasteiger partial charge < -0.3 is 9.88 Å². The maximum atomic E-state index is 12.3. The Kier molecular flexibility index (Phi) is 6.17. The Morgan fingerprint density at radius 3 is 2.70 bits per heavy atom. The van der Waals surface area contributed by atoms with E-state index in [0.29, 0.717) is 5.16 Å². The lowest BCUT2D eigenvalue weighted by atomic mass is 10.2. The van der Waals surface area contributed by atoms with Crippen LogP contribution in [0.4, 0.5) is 4.79 Å². The first-order valence-electron chi connectivity index (χ1n) is 8.33. The van der Waals surface area contributed by atoms with Crippen LogP contribution in [0.25, 0.3) is 11.4 Å². The number of benzene rings is 1. The highest BCUT2D eigenvalue weighted by Crippen LogP contribution is 2.25. The predicted octanol–water partition coefficient (Wildman–Crippen LogP) is 1.77. The summed E-state index contributed by atoms with van der Waals surface area (Å²) in [4.78, 5) is 36.5. The molecule has 0 radical (unpaired) electrons. The third-order valence-electron chi connectivity index (χ3n) is 3.99. The van der Waals surface area contributed by atoms with Crippen molar-refractivity contribution in [3.8, 4) is 11.4 Å². The first kappa shape index (κ1) is 19.4. The number of aromatic nitrogens is 3. The summed E-state index contributed by atoms with van der Waals surface area (Å²) in [7, 11) is 1.86. The van der Waals surface area contributed by atoms with E-state index >= 15 is 0 Å². The van der Waals surface area contributed by atoms with Gasteiger partial charge in [0.1, 0.15) is 0 Å². The molecule has 0 unspecified atom stereocenters. The summed E-state index contributed by atoms with van der Waals surface area (Å²) in [6.07, 6.45) is 0. The predicted molar refractivity (Wildman–Crippen MR) is 104 cm³/mol. The van der Waals surface area contributed by atoms with Gasteiger partial charge >= 0.3 is 0 Å². The number of carbonyl (C=O) groups excluding carboxylic acids is 3. The Labute approximate surface area is 165 Å². The fourth-order valence-corrected chi connectivity index (χ4v) is 4.09. The van der Waals surface area contributed by atoms with Crippen LogP contribution in [0.1, 0.15) is 6.92 Å². The van der Waals surface area contributed by atoms with Gasteiger partial charge in [-0.05, 0) is 6.92 Å². The summed E-state index contributed by atoms with van der Waals surface area (Å²) in [5.41, 5.74) is 0.953. The van der Waals surface area contributed by atoms with Gasteiger partial charge in [-0.3, -0.25) is 19.3 Å². The summed E-state index contributed by atoms with van der Waals surface area (Å²) in [6.45, 7) is 2.20. The Balaban J connectivity index is 1.53. The van der Waals surface area contributed by atoms with E-state index in [4.69, 9.17) is 0 Å². The van der Waals surface area contributed by atoms with Crippen molar-refractivity contribution in [2.45, 2.75) is 17.3 Å². The van der Waals surface area contributed by atoms with E-state index in [1.54, 1.807) is 6.92 Å². The summed E-state index contributed by atoms with van der Waals surface area (Å²) in [5.74, 6) is 0.508. The van der Waals surface area contributed by atoms with Gasteiger partial charge in [0.05, 0.1) is 11.0 Å². The molecular formula is C17H19N5O3S2. The van der Waals surface area contributed by atoms with Crippen molar-refractivity contribution in [2.24, 2.45) is 7.05 Å². The number of carbonyl (C=O) groups is 3. The molecule has 1 fully saturated rings. The van der Waals surface area contributed by atoms with Crippen LogP contribution in [-0.2, 0) is 16.6 Å². The van der Waals surface area contributed by atoms with Gasteiger partial charge in [-0.1, -0.05) is 53.9 Å². The van der Waals surface area contributed by atoms with Crippen LogP contribution in [0.15, 0.2) is 35.5 Å². The average Bonchev–Trinajstić information content (AvgIpc) is 3.19. The second kappa shape index (κ2) is 8.57. The van der Waals surface area contributed by atoms with Crippen LogP contribution < -0.4 is 5.32 Å². The lowest BCUT2D eigenvalue weighted by Crippen LogP contribution is -2.39. The van der Waals surface area contributed by atoms with Crippen molar-refractivity contribution in [3.05, 3.63) is 30.3 Å². The number of imide groups is 1. The van der Waals surface area contributed by atoms with Crippen molar-refractivity contribution in [2.75, 3.05) is 18.8 Å². The summed E-state index contributed by atoms with van der Waals surface area (Å²) < 4.78 is 1.85. The molecule has 1 aliphatic rings. The summed E-state index contributed by atoms with van der Waals surface area (Å²) >= 11 is 2.29. The molecule has 1 N–H and O–H groups in total. The first-order valence-corrected chi connectivity index (χ1v) is 10.2. The highest BCUT2D eigenvalue weighted by molar-refractivity contribution is 8.14. The molecule has 3 rings (SSSR count). The number of nitrogens with zero attached hydrogens (tertiary/aromatic N) is 4. The Hall–Kier alpha value is -2.33. The van der Waals surface area contributed by atoms with Crippen LogP contribution in [0.5, 0.6) is 0 Å². The molecule has 0 aliphatic carbocycles. The van der Waals surface area contributed by atoms with Gasteiger partial charge in [-0.15, -0.1) is 10.2 Å². The van der Waals surface area contributed by atoms with Crippen LogP contribution in [0, 0.1) is 0 Å². The Morgan fingerprint density at radius 1 is 1.30 bits per heavy atom. The van der Waals surface area contributed by atoms with E-state index in [1.807, 2.05) is 41.9 Å². The maximum Gasteiger partial charge on any atom is 0.288 e. The molecule has 1 saturated heterocycles. The normalized spacial score (nSPS) is 15.3.